The SMILES string of the molecule is C#Cc1cccc(NC(=O)c2ccc(CCNS(C)(=O)=O)cc2)c1. The van der Waals surface area contributed by atoms with Crippen LogP contribution in [0.4, 0.5) is 5.69 Å². The lowest BCUT2D eigenvalue weighted by atomic mass is 10.1. The van der Waals surface area contributed by atoms with Gasteiger partial charge in [0.05, 0.1) is 6.26 Å². The van der Waals surface area contributed by atoms with Gasteiger partial charge in [-0.2, -0.15) is 0 Å². The van der Waals surface area contributed by atoms with E-state index in [0.29, 0.717) is 29.8 Å². The van der Waals surface area contributed by atoms with E-state index in [1.165, 1.54) is 0 Å². The first-order valence-corrected chi connectivity index (χ1v) is 9.18. The summed E-state index contributed by atoms with van der Waals surface area (Å²) in [5.41, 5.74) is 2.79. The molecule has 1 amide bonds. The van der Waals surface area contributed by atoms with Crippen LogP contribution in [0.25, 0.3) is 0 Å². The van der Waals surface area contributed by atoms with Crippen molar-refractivity contribution in [2.45, 2.75) is 6.42 Å². The quantitative estimate of drug-likeness (QED) is 0.789. The summed E-state index contributed by atoms with van der Waals surface area (Å²) >= 11 is 0. The third-order valence-corrected chi connectivity index (χ3v) is 4.01. The van der Waals surface area contributed by atoms with Gasteiger partial charge in [0.15, 0.2) is 0 Å². The third kappa shape index (κ3) is 5.54. The van der Waals surface area contributed by atoms with Crippen molar-refractivity contribution in [3.63, 3.8) is 0 Å². The van der Waals surface area contributed by atoms with Gasteiger partial charge < -0.3 is 5.32 Å². The summed E-state index contributed by atoms with van der Waals surface area (Å²) in [4.78, 5) is 12.2. The molecule has 0 atom stereocenters. The van der Waals surface area contributed by atoms with E-state index in [4.69, 9.17) is 6.42 Å². The highest BCUT2D eigenvalue weighted by Gasteiger charge is 2.07. The number of anilines is 1. The minimum atomic E-state index is -3.18. The second-order valence-corrected chi connectivity index (χ2v) is 7.13. The Hall–Kier alpha value is -2.62. The summed E-state index contributed by atoms with van der Waals surface area (Å²) in [6.07, 6.45) is 7.01. The van der Waals surface area contributed by atoms with E-state index in [0.717, 1.165) is 11.8 Å². The third-order valence-electron chi connectivity index (χ3n) is 3.28. The van der Waals surface area contributed by atoms with Crippen molar-refractivity contribution in [3.8, 4) is 12.3 Å². The number of benzene rings is 2. The van der Waals surface area contributed by atoms with E-state index < -0.39 is 10.0 Å². The molecule has 0 saturated heterocycles. The van der Waals surface area contributed by atoms with Crippen LogP contribution in [0.2, 0.25) is 0 Å². The molecule has 124 valence electrons. The highest BCUT2D eigenvalue weighted by atomic mass is 32.2. The molecule has 0 bridgehead atoms. The van der Waals surface area contributed by atoms with Crippen LogP contribution in [0.15, 0.2) is 48.5 Å². The summed E-state index contributed by atoms with van der Waals surface area (Å²) in [7, 11) is -3.18. The molecule has 2 aromatic carbocycles. The Morgan fingerprint density at radius 2 is 1.88 bits per heavy atom. The topological polar surface area (TPSA) is 75.3 Å². The van der Waals surface area contributed by atoms with E-state index in [1.807, 2.05) is 0 Å². The summed E-state index contributed by atoms with van der Waals surface area (Å²) in [5.74, 6) is 2.29. The Labute approximate surface area is 142 Å². The van der Waals surface area contributed by atoms with Crippen LogP contribution in [-0.4, -0.2) is 27.1 Å². The van der Waals surface area contributed by atoms with Crippen molar-refractivity contribution >= 4 is 21.6 Å². The second-order valence-electron chi connectivity index (χ2n) is 5.29. The number of nitrogens with one attached hydrogen (secondary N) is 2. The van der Waals surface area contributed by atoms with Crippen LogP contribution in [0.1, 0.15) is 21.5 Å². The fraction of sp³-hybridized carbons (Fsp3) is 0.167. The van der Waals surface area contributed by atoms with E-state index >= 15 is 0 Å². The van der Waals surface area contributed by atoms with Crippen molar-refractivity contribution in [2.24, 2.45) is 0 Å². The first-order valence-electron chi connectivity index (χ1n) is 7.29. The van der Waals surface area contributed by atoms with Crippen LogP contribution < -0.4 is 10.0 Å². The molecule has 0 saturated carbocycles. The highest BCUT2D eigenvalue weighted by molar-refractivity contribution is 7.88. The zero-order valence-corrected chi connectivity index (χ0v) is 14.1. The number of carbonyl (C=O) groups is 1. The highest BCUT2D eigenvalue weighted by Crippen LogP contribution is 2.12. The van der Waals surface area contributed by atoms with Crippen molar-refractivity contribution in [1.29, 1.82) is 0 Å². The van der Waals surface area contributed by atoms with E-state index in [9.17, 15) is 13.2 Å². The smallest absolute Gasteiger partial charge is 0.255 e. The molecular formula is C18H18N2O3S. The van der Waals surface area contributed by atoms with Crippen molar-refractivity contribution in [1.82, 2.24) is 4.72 Å². The lowest BCUT2D eigenvalue weighted by molar-refractivity contribution is 0.102. The summed E-state index contributed by atoms with van der Waals surface area (Å²) in [5, 5.41) is 2.79. The van der Waals surface area contributed by atoms with Crippen molar-refractivity contribution < 1.29 is 13.2 Å². The zero-order valence-electron chi connectivity index (χ0n) is 13.2. The fourth-order valence-electron chi connectivity index (χ4n) is 2.09. The average molecular weight is 342 g/mol. The molecule has 6 heteroatoms. The van der Waals surface area contributed by atoms with Crippen molar-refractivity contribution in [2.75, 3.05) is 18.1 Å². The first-order chi connectivity index (χ1) is 11.4. The molecule has 0 aromatic heterocycles. The molecule has 2 aromatic rings. The zero-order chi connectivity index (χ0) is 17.6. The van der Waals surface area contributed by atoms with Gasteiger partial charge in [0.1, 0.15) is 0 Å². The molecule has 0 aliphatic carbocycles. The normalized spacial score (nSPS) is 10.8. The predicted octanol–water partition coefficient (Wildman–Crippen LogP) is 2.01. The standard InChI is InChI=1S/C18H18N2O3S/c1-3-14-5-4-6-17(13-14)20-18(21)16-9-7-15(8-10-16)11-12-19-24(2,22)23/h1,4-10,13,19H,11-12H2,2H3,(H,20,21). The molecule has 0 heterocycles. The van der Waals surface area contributed by atoms with Crippen LogP contribution in [0.5, 0.6) is 0 Å². The van der Waals surface area contributed by atoms with Gasteiger partial charge in [-0.3, -0.25) is 4.79 Å². The molecule has 0 aliphatic heterocycles. The maximum atomic E-state index is 12.2. The van der Waals surface area contributed by atoms with Crippen LogP contribution in [0.3, 0.4) is 0 Å². The lowest BCUT2D eigenvalue weighted by Gasteiger charge is -2.07. The number of hydrogen-bond donors (Lipinski definition) is 2. The van der Waals surface area contributed by atoms with Crippen LogP contribution in [-0.2, 0) is 16.4 Å². The largest absolute Gasteiger partial charge is 0.322 e. The maximum Gasteiger partial charge on any atom is 0.255 e. The number of carbonyl (C=O) groups excluding carboxylic acids is 1. The van der Waals surface area contributed by atoms with E-state index in [1.54, 1.807) is 48.5 Å². The first kappa shape index (κ1) is 17.7. The fourth-order valence-corrected chi connectivity index (χ4v) is 2.57. The molecule has 2 rings (SSSR count). The van der Waals surface area contributed by atoms with Gasteiger partial charge >= 0.3 is 0 Å². The van der Waals surface area contributed by atoms with Gasteiger partial charge in [-0.1, -0.05) is 24.1 Å². The molecule has 0 radical (unpaired) electrons. The number of rotatable bonds is 6. The molecule has 0 spiro atoms. The summed E-state index contributed by atoms with van der Waals surface area (Å²) in [6.45, 7) is 0.323. The molecule has 2 N–H and O–H groups in total. The molecule has 0 fully saturated rings. The predicted molar refractivity (Wildman–Crippen MR) is 95.3 cm³/mol. The monoisotopic (exact) mass is 342 g/mol. The van der Waals surface area contributed by atoms with Gasteiger partial charge in [-0.05, 0) is 42.3 Å². The average Bonchev–Trinajstić information content (AvgIpc) is 2.54. The molecule has 0 unspecified atom stereocenters. The Kier molecular flexibility index (Phi) is 5.74. The Bertz CT molecular complexity index is 866. The Balaban J connectivity index is 1.97. The molecular weight excluding hydrogens is 324 g/mol. The van der Waals surface area contributed by atoms with Crippen LogP contribution >= 0.6 is 0 Å². The molecule has 24 heavy (non-hydrogen) atoms. The molecule has 5 nitrogen and oxygen atoms in total. The number of terminal acetylenes is 1. The van der Waals surface area contributed by atoms with Gasteiger partial charge in [0.2, 0.25) is 10.0 Å². The van der Waals surface area contributed by atoms with Gasteiger partial charge in [0, 0.05) is 23.4 Å². The number of sulfonamides is 1. The molecule has 0 aliphatic rings. The minimum Gasteiger partial charge on any atom is -0.322 e. The second kappa shape index (κ2) is 7.77. The van der Waals surface area contributed by atoms with Crippen LogP contribution in [0, 0.1) is 12.3 Å². The lowest BCUT2D eigenvalue weighted by Crippen LogP contribution is -2.24. The minimum absolute atomic E-state index is 0.231. The summed E-state index contributed by atoms with van der Waals surface area (Å²) < 4.78 is 24.4. The van der Waals surface area contributed by atoms with Crippen molar-refractivity contribution in [3.05, 3.63) is 65.2 Å². The number of hydrogen-bond acceptors (Lipinski definition) is 3. The Morgan fingerprint density at radius 3 is 2.50 bits per heavy atom. The van der Waals surface area contributed by atoms with E-state index in [-0.39, 0.29) is 5.91 Å². The number of amides is 1. The van der Waals surface area contributed by atoms with E-state index in [2.05, 4.69) is 16.0 Å². The Morgan fingerprint density at radius 1 is 1.17 bits per heavy atom. The maximum absolute atomic E-state index is 12.2. The summed E-state index contributed by atoms with van der Waals surface area (Å²) in [6, 6.07) is 14.1. The van der Waals surface area contributed by atoms with Gasteiger partial charge in [0.25, 0.3) is 5.91 Å². The van der Waals surface area contributed by atoms with Gasteiger partial charge in [-0.25, -0.2) is 13.1 Å². The van der Waals surface area contributed by atoms with Gasteiger partial charge in [-0.15, -0.1) is 6.42 Å².